The molecule has 0 saturated carbocycles. The minimum Gasteiger partial charge on any atom is -0.491 e. The normalized spacial score (nSPS) is 13.7. The molecule has 4 rings (SSSR count). The number of hydrogen-bond donors (Lipinski definition) is 0. The molecular weight excluding hydrogens is 459 g/mol. The molecule has 6 nitrogen and oxygen atoms in total. The van der Waals surface area contributed by atoms with Crippen molar-refractivity contribution in [2.45, 2.75) is 19.6 Å². The van der Waals surface area contributed by atoms with E-state index in [1.54, 1.807) is 30.5 Å². The molecule has 2 aromatic heterocycles. The number of amides is 1. The van der Waals surface area contributed by atoms with Crippen molar-refractivity contribution in [3.8, 4) is 16.9 Å². The Labute approximate surface area is 192 Å². The van der Waals surface area contributed by atoms with Gasteiger partial charge in [0.15, 0.2) is 0 Å². The molecule has 0 radical (unpaired) electrons. The van der Waals surface area contributed by atoms with Crippen molar-refractivity contribution >= 4 is 17.5 Å². The number of ether oxygens (including phenoxy) is 1. The van der Waals surface area contributed by atoms with Crippen molar-refractivity contribution in [2.75, 3.05) is 19.7 Å². The van der Waals surface area contributed by atoms with Crippen molar-refractivity contribution < 1.29 is 22.7 Å². The summed E-state index contributed by atoms with van der Waals surface area (Å²) in [5.74, 6) is -0.739. The highest BCUT2D eigenvalue weighted by Crippen LogP contribution is 2.37. The van der Waals surface area contributed by atoms with Gasteiger partial charge in [0.05, 0.1) is 12.1 Å². The SMILES string of the molecule is Cc1cc(-c2ccc3n(c2=O)CCN(CCOc2ccc(Cl)cc2C(F)(F)F)C3=O)ccn1. The second-order valence-electron chi connectivity index (χ2n) is 7.55. The molecule has 3 heterocycles. The highest BCUT2D eigenvalue weighted by atomic mass is 35.5. The van der Waals surface area contributed by atoms with Crippen LogP contribution in [0.4, 0.5) is 13.2 Å². The number of pyridine rings is 2. The number of nitrogens with zero attached hydrogens (tertiary/aromatic N) is 3. The molecule has 1 aliphatic rings. The van der Waals surface area contributed by atoms with Gasteiger partial charge in [-0.2, -0.15) is 13.2 Å². The largest absolute Gasteiger partial charge is 0.491 e. The molecule has 33 heavy (non-hydrogen) atoms. The van der Waals surface area contributed by atoms with Crippen molar-refractivity contribution in [3.05, 3.63) is 81.0 Å². The number of aryl methyl sites for hydroxylation is 1. The Morgan fingerprint density at radius 3 is 2.61 bits per heavy atom. The van der Waals surface area contributed by atoms with Gasteiger partial charge in [-0.1, -0.05) is 11.6 Å². The summed E-state index contributed by atoms with van der Waals surface area (Å²) in [4.78, 5) is 31.4. The van der Waals surface area contributed by atoms with Gasteiger partial charge in [-0.25, -0.2) is 0 Å². The van der Waals surface area contributed by atoms with Gasteiger partial charge in [0.1, 0.15) is 18.1 Å². The highest BCUT2D eigenvalue weighted by Gasteiger charge is 2.35. The summed E-state index contributed by atoms with van der Waals surface area (Å²) in [7, 11) is 0. The van der Waals surface area contributed by atoms with Crippen LogP contribution in [0, 0.1) is 6.92 Å². The summed E-state index contributed by atoms with van der Waals surface area (Å²) in [6.45, 7) is 2.26. The molecule has 3 aromatic rings. The first kappa shape index (κ1) is 22.8. The van der Waals surface area contributed by atoms with Gasteiger partial charge in [0.25, 0.3) is 11.5 Å². The fraction of sp³-hybridized carbons (Fsp3) is 0.261. The molecule has 1 amide bonds. The van der Waals surface area contributed by atoms with E-state index in [4.69, 9.17) is 16.3 Å². The van der Waals surface area contributed by atoms with Crippen molar-refractivity contribution in [3.63, 3.8) is 0 Å². The van der Waals surface area contributed by atoms with Crippen LogP contribution in [0.1, 0.15) is 21.7 Å². The molecule has 0 N–H and O–H groups in total. The minimum absolute atomic E-state index is 0.0516. The summed E-state index contributed by atoms with van der Waals surface area (Å²) >= 11 is 5.68. The number of fused-ring (bicyclic) bond motifs is 1. The maximum absolute atomic E-state index is 13.2. The zero-order valence-corrected chi connectivity index (χ0v) is 18.3. The number of carbonyl (C=O) groups excluding carboxylic acids is 1. The van der Waals surface area contributed by atoms with Gasteiger partial charge in [-0.05, 0) is 55.0 Å². The number of hydrogen-bond acceptors (Lipinski definition) is 4. The Morgan fingerprint density at radius 1 is 1.09 bits per heavy atom. The monoisotopic (exact) mass is 477 g/mol. The predicted molar refractivity (Wildman–Crippen MR) is 117 cm³/mol. The van der Waals surface area contributed by atoms with E-state index in [9.17, 15) is 22.8 Å². The molecule has 0 aliphatic carbocycles. The molecule has 0 spiro atoms. The average molecular weight is 478 g/mol. The van der Waals surface area contributed by atoms with Crippen molar-refractivity contribution in [2.24, 2.45) is 0 Å². The molecule has 0 unspecified atom stereocenters. The van der Waals surface area contributed by atoms with E-state index in [1.165, 1.54) is 15.5 Å². The molecule has 0 atom stereocenters. The van der Waals surface area contributed by atoms with E-state index in [1.807, 2.05) is 6.92 Å². The molecule has 0 fully saturated rings. The fourth-order valence-electron chi connectivity index (χ4n) is 3.73. The van der Waals surface area contributed by atoms with Crippen LogP contribution < -0.4 is 10.3 Å². The molecule has 10 heteroatoms. The molecule has 0 saturated heterocycles. The van der Waals surface area contributed by atoms with Crippen LogP contribution in [0.5, 0.6) is 5.75 Å². The lowest BCUT2D eigenvalue weighted by atomic mass is 10.1. The third-order valence-corrected chi connectivity index (χ3v) is 5.58. The van der Waals surface area contributed by atoms with E-state index in [0.29, 0.717) is 5.56 Å². The highest BCUT2D eigenvalue weighted by molar-refractivity contribution is 6.30. The van der Waals surface area contributed by atoms with Gasteiger partial charge in [-0.3, -0.25) is 14.6 Å². The maximum atomic E-state index is 13.2. The number of halogens is 4. The third-order valence-electron chi connectivity index (χ3n) is 5.35. The topological polar surface area (TPSA) is 64.4 Å². The first-order valence-electron chi connectivity index (χ1n) is 10.1. The van der Waals surface area contributed by atoms with Gasteiger partial charge in [-0.15, -0.1) is 0 Å². The van der Waals surface area contributed by atoms with Crippen molar-refractivity contribution in [1.82, 2.24) is 14.5 Å². The number of carbonyl (C=O) groups is 1. The van der Waals surface area contributed by atoms with Crippen LogP contribution in [0.3, 0.4) is 0 Å². The minimum atomic E-state index is -4.62. The van der Waals surface area contributed by atoms with Gasteiger partial charge >= 0.3 is 6.18 Å². The predicted octanol–water partition coefficient (Wildman–Crippen LogP) is 4.43. The van der Waals surface area contributed by atoms with Gasteiger partial charge in [0.2, 0.25) is 0 Å². The Kier molecular flexibility index (Phi) is 6.16. The van der Waals surface area contributed by atoms with Crippen LogP contribution in [-0.4, -0.2) is 40.1 Å². The molecule has 1 aromatic carbocycles. The van der Waals surface area contributed by atoms with E-state index >= 15 is 0 Å². The zero-order valence-electron chi connectivity index (χ0n) is 17.5. The van der Waals surface area contributed by atoms with Crippen LogP contribution in [0.25, 0.3) is 11.1 Å². The Bertz CT molecular complexity index is 1270. The number of rotatable bonds is 5. The quantitative estimate of drug-likeness (QED) is 0.545. The second kappa shape index (κ2) is 8.90. The first-order valence-corrected chi connectivity index (χ1v) is 10.5. The third kappa shape index (κ3) is 4.73. The molecule has 1 aliphatic heterocycles. The lowest BCUT2D eigenvalue weighted by Crippen LogP contribution is -2.46. The van der Waals surface area contributed by atoms with Crippen LogP contribution in [0.2, 0.25) is 5.02 Å². The van der Waals surface area contributed by atoms with E-state index in [-0.39, 0.29) is 54.2 Å². The second-order valence-corrected chi connectivity index (χ2v) is 7.99. The standard InChI is InChI=1S/C23H19ClF3N3O3/c1-14-12-15(6-7-28-14)17-3-4-19-22(32)29(8-9-30(19)21(17)31)10-11-33-20-5-2-16(24)13-18(20)23(25,26)27/h2-7,12-13H,8-11H2,1H3. The molecular formula is C23H19ClF3N3O3. The lowest BCUT2D eigenvalue weighted by Gasteiger charge is -2.30. The summed E-state index contributed by atoms with van der Waals surface area (Å²) in [5, 5.41) is -0.0516. The average Bonchev–Trinajstić information content (AvgIpc) is 2.76. The molecule has 172 valence electrons. The van der Waals surface area contributed by atoms with E-state index in [2.05, 4.69) is 4.98 Å². The lowest BCUT2D eigenvalue weighted by molar-refractivity contribution is -0.139. The maximum Gasteiger partial charge on any atom is 0.420 e. The number of alkyl halides is 3. The summed E-state index contributed by atoms with van der Waals surface area (Å²) in [6, 6.07) is 9.98. The van der Waals surface area contributed by atoms with Crippen LogP contribution in [0.15, 0.2) is 53.5 Å². The van der Waals surface area contributed by atoms with Gasteiger partial charge in [0, 0.05) is 35.6 Å². The summed E-state index contributed by atoms with van der Waals surface area (Å²) < 4.78 is 46.4. The van der Waals surface area contributed by atoms with Crippen molar-refractivity contribution in [1.29, 1.82) is 0 Å². The molecule has 0 bridgehead atoms. The Balaban J connectivity index is 1.48. The zero-order chi connectivity index (χ0) is 23.8. The van der Waals surface area contributed by atoms with Crippen LogP contribution in [-0.2, 0) is 12.7 Å². The Hall–Kier alpha value is -3.33. The van der Waals surface area contributed by atoms with E-state index < -0.39 is 11.7 Å². The Morgan fingerprint density at radius 2 is 1.88 bits per heavy atom. The van der Waals surface area contributed by atoms with E-state index in [0.717, 1.165) is 23.4 Å². The summed E-state index contributed by atoms with van der Waals surface area (Å²) in [5.41, 5.74) is 0.925. The summed E-state index contributed by atoms with van der Waals surface area (Å²) in [6.07, 6.45) is -3.00. The first-order chi connectivity index (χ1) is 15.6. The number of aromatic nitrogens is 2. The smallest absolute Gasteiger partial charge is 0.420 e. The van der Waals surface area contributed by atoms with Crippen LogP contribution >= 0.6 is 11.6 Å². The number of benzene rings is 1. The van der Waals surface area contributed by atoms with Gasteiger partial charge < -0.3 is 14.2 Å². The fourth-order valence-corrected chi connectivity index (χ4v) is 3.90.